The fraction of sp³-hybridized carbons (Fsp3) is 0.627. The van der Waals surface area contributed by atoms with Gasteiger partial charge in [0.1, 0.15) is 0 Å². The topological polar surface area (TPSA) is 203 Å². The molecule has 0 saturated heterocycles. The summed E-state index contributed by atoms with van der Waals surface area (Å²) in [7, 11) is 0. The molecule has 1 N–H and O–H groups in total. The molecule has 0 bridgehead atoms. The lowest BCUT2D eigenvalue weighted by Gasteiger charge is -2.25. The van der Waals surface area contributed by atoms with Crippen molar-refractivity contribution in [2.45, 2.75) is 249 Å². The van der Waals surface area contributed by atoms with Crippen molar-refractivity contribution in [2.75, 3.05) is 0 Å². The fourth-order valence-electron chi connectivity index (χ4n) is 7.31. The van der Waals surface area contributed by atoms with Gasteiger partial charge >= 0.3 is 0 Å². The van der Waals surface area contributed by atoms with Crippen molar-refractivity contribution in [1.29, 1.82) is 37.9 Å². The minimum Gasteiger partial charge on any atom is -0.203 e. The fourth-order valence-corrected chi connectivity index (χ4v) is 7.31. The summed E-state index contributed by atoms with van der Waals surface area (Å²) in [6.45, 7) is 14.0. The Labute approximate surface area is 454 Å². The van der Waals surface area contributed by atoms with Gasteiger partial charge < -0.3 is 0 Å². The number of hydrogen-bond donors (Lipinski definition) is 1. The number of fused-ring (bicyclic) bond motifs is 2. The molecule has 0 spiro atoms. The minimum absolute atomic E-state index is 0. The Hall–Kier alpha value is -5.71. The maximum Gasteiger partial charge on any atom is 0.167 e. The molecule has 0 fully saturated rings. The van der Waals surface area contributed by atoms with Gasteiger partial charge in [-0.3, -0.25) is 0 Å². The first-order valence-corrected chi connectivity index (χ1v) is 20.3. The van der Waals surface area contributed by atoms with Crippen LogP contribution in [0.15, 0.2) is 36.4 Å². The molecular formula is C59H115F6N9. The van der Waals surface area contributed by atoms with E-state index in [-0.39, 0.29) is 104 Å². The van der Waals surface area contributed by atoms with Gasteiger partial charge in [-0.05, 0) is 131 Å². The first-order chi connectivity index (χ1) is 28.9. The van der Waals surface area contributed by atoms with Crippen molar-refractivity contribution < 1.29 is 26.3 Å². The molecule has 438 valence electrons. The summed E-state index contributed by atoms with van der Waals surface area (Å²) < 4.78 is 83.1. The number of halogens is 6. The molecule has 0 radical (unpaired) electrons. The molecule has 15 heteroatoms. The molecule has 1 unspecified atom stereocenters. The highest BCUT2D eigenvalue weighted by Gasteiger charge is 2.25. The third-order valence-corrected chi connectivity index (χ3v) is 9.96. The van der Waals surface area contributed by atoms with Crippen molar-refractivity contribution in [2.24, 2.45) is 5.92 Å². The summed E-state index contributed by atoms with van der Waals surface area (Å²) in [5.74, 6) is -3.31. The second kappa shape index (κ2) is 65.3. The molecule has 0 aliphatic heterocycles. The molecule has 5 rings (SSSR count). The zero-order chi connectivity index (χ0) is 46.4. The van der Waals surface area contributed by atoms with Crippen molar-refractivity contribution in [1.82, 2.24) is 0 Å². The third kappa shape index (κ3) is 33.9. The highest BCUT2D eigenvalue weighted by molar-refractivity contribution is 5.88. The Morgan fingerprint density at radius 2 is 0.784 bits per heavy atom. The zero-order valence-corrected chi connectivity index (χ0v) is 36.0. The standard InChI is InChI=1S/C17H20F2.C16H22F2.C12H16F2.14CH4.HN3.3N2/c1-4-6-12-8-9-13-10-14(7-5-2)16(18)17(19)15(13)11(12)3;1-3-5-11-7-8-12-10-13(6-4-2)15(17)16(18)14(12)9-11;1-3-5-9-7-8-10(6-4-2)12(14)11(9)13;;;;;;;;;;;;;;;1-3-2;3*1-2/h8-10H,4-7H2,1-3H3;10-11H,3-9H2,1-2H3;7-8H,3-6H2,1-2H3;14*1H4;1H;;;. The van der Waals surface area contributed by atoms with E-state index in [2.05, 4.69) is 13.8 Å². The monoisotopic (exact) mass is 1060 g/mol. The van der Waals surface area contributed by atoms with E-state index in [9.17, 15) is 26.3 Å². The zero-order valence-electron chi connectivity index (χ0n) is 36.0. The molecule has 0 heterocycles. The number of benzene rings is 4. The van der Waals surface area contributed by atoms with Crippen LogP contribution in [0.4, 0.5) is 26.3 Å². The molecular weight excluding hydrogens is 949 g/mol. The lowest BCUT2D eigenvalue weighted by molar-refractivity contribution is 0.400. The van der Waals surface area contributed by atoms with Gasteiger partial charge in [0, 0.05) is 37.7 Å². The summed E-state index contributed by atoms with van der Waals surface area (Å²) >= 11 is 0. The molecule has 4 aromatic carbocycles. The van der Waals surface area contributed by atoms with Gasteiger partial charge in [0.25, 0.3) is 0 Å². The summed E-state index contributed by atoms with van der Waals surface area (Å²) in [5.41, 5.74) is 17.9. The number of rotatable bonds is 12. The third-order valence-electron chi connectivity index (χ3n) is 9.96. The van der Waals surface area contributed by atoms with E-state index in [0.717, 1.165) is 92.7 Å². The maximum atomic E-state index is 14.3. The van der Waals surface area contributed by atoms with E-state index in [1.807, 2.05) is 52.8 Å². The van der Waals surface area contributed by atoms with Crippen LogP contribution in [0.2, 0.25) is 0 Å². The van der Waals surface area contributed by atoms with E-state index in [1.165, 1.54) is 0 Å². The predicted molar refractivity (Wildman–Crippen MR) is 316 cm³/mol. The van der Waals surface area contributed by atoms with Crippen LogP contribution in [0.3, 0.4) is 0 Å². The van der Waals surface area contributed by atoms with Crippen LogP contribution in [-0.2, 0) is 44.9 Å². The van der Waals surface area contributed by atoms with E-state index in [4.69, 9.17) is 43.4 Å². The Kier molecular flexibility index (Phi) is 99.8. The van der Waals surface area contributed by atoms with Crippen LogP contribution in [-0.4, -0.2) is 0 Å². The van der Waals surface area contributed by atoms with Crippen LogP contribution in [0, 0.1) is 85.6 Å². The number of aryl methyl sites for hydroxylation is 7. The average Bonchev–Trinajstić information content (AvgIpc) is 3.26. The summed E-state index contributed by atoms with van der Waals surface area (Å²) in [5, 5.41) is 37.3. The minimum atomic E-state index is -0.684. The van der Waals surface area contributed by atoms with E-state index in [1.54, 1.807) is 23.1 Å². The second-order valence-electron chi connectivity index (χ2n) is 14.2. The van der Waals surface area contributed by atoms with Crippen molar-refractivity contribution >= 4 is 10.8 Å². The lowest BCUT2D eigenvalue weighted by Crippen LogP contribution is -2.17. The van der Waals surface area contributed by atoms with Crippen molar-refractivity contribution in [3.63, 3.8) is 0 Å². The molecule has 0 aromatic heterocycles. The molecule has 4 aromatic rings. The van der Waals surface area contributed by atoms with Gasteiger partial charge in [0.05, 0.1) is 0 Å². The summed E-state index contributed by atoms with van der Waals surface area (Å²) in [4.78, 5) is 1.75. The highest BCUT2D eigenvalue weighted by Crippen LogP contribution is 2.33. The second-order valence-corrected chi connectivity index (χ2v) is 14.2. The van der Waals surface area contributed by atoms with E-state index in [0.29, 0.717) is 64.8 Å². The molecule has 1 aliphatic carbocycles. The molecule has 0 amide bonds. The molecule has 1 atom stereocenters. The molecule has 74 heavy (non-hydrogen) atoms. The molecule has 1 aliphatic rings. The Morgan fingerprint density at radius 3 is 1.15 bits per heavy atom. The van der Waals surface area contributed by atoms with Gasteiger partial charge in [-0.2, -0.15) is 0 Å². The SMILES string of the molecule is C.C.C.C.C.C.C.C.C.C.C.C.C.C.CCCc1cc2c(c(F)c1F)CC(CCC)CC2.CCCc1cc2ccc(CCC)c(C)c2c(F)c1F.CCCc1ccc(CCC)c(F)c1F.N#N.N#N.N#N.[N-]=[N+]=N. The van der Waals surface area contributed by atoms with Crippen molar-refractivity contribution in [3.05, 3.63) is 126 Å². The quantitative estimate of drug-likeness (QED) is 0.0480. The highest BCUT2D eigenvalue weighted by atomic mass is 19.2. The first kappa shape index (κ1) is 113. The van der Waals surface area contributed by atoms with Crippen LogP contribution in [0.5, 0.6) is 0 Å². The van der Waals surface area contributed by atoms with Crippen molar-refractivity contribution in [3.8, 4) is 0 Å². The van der Waals surface area contributed by atoms with Crippen LogP contribution in [0.1, 0.15) is 241 Å². The summed E-state index contributed by atoms with van der Waals surface area (Å²) in [6.07, 6.45) is 12.7. The van der Waals surface area contributed by atoms with E-state index >= 15 is 0 Å². The van der Waals surface area contributed by atoms with Crippen LogP contribution < -0.4 is 0 Å². The molecule has 9 nitrogen and oxygen atoms in total. The van der Waals surface area contributed by atoms with Gasteiger partial charge in [-0.25, -0.2) is 26.3 Å². The van der Waals surface area contributed by atoms with Gasteiger partial charge in [0.2, 0.25) is 0 Å². The summed E-state index contributed by atoms with van der Waals surface area (Å²) in [6, 6.07) is 11.0. The number of nitrogens with one attached hydrogen (secondary N) is 1. The smallest absolute Gasteiger partial charge is 0.167 e. The van der Waals surface area contributed by atoms with Gasteiger partial charge in [-0.1, -0.05) is 221 Å². The maximum absolute atomic E-state index is 14.3. The normalized spacial score (nSPS) is 9.64. The van der Waals surface area contributed by atoms with Gasteiger partial charge in [0.15, 0.2) is 34.9 Å². The van der Waals surface area contributed by atoms with E-state index < -0.39 is 34.9 Å². The lowest BCUT2D eigenvalue weighted by atomic mass is 9.80. The predicted octanol–water partition coefficient (Wildman–Crippen LogP) is 23.9. The Balaban J connectivity index is -0.0000000417. The van der Waals surface area contributed by atoms with Crippen LogP contribution >= 0.6 is 0 Å². The average molecular weight is 1060 g/mol. The Bertz CT molecular complexity index is 1950. The number of hydrogen-bond acceptors (Lipinski definition) is 7. The Morgan fingerprint density at radius 1 is 0.473 bits per heavy atom. The number of nitrogens with zero attached hydrogens (tertiary/aromatic N) is 8. The molecule has 0 saturated carbocycles. The van der Waals surface area contributed by atoms with Gasteiger partial charge in [-0.15, -0.1) is 5.53 Å². The largest absolute Gasteiger partial charge is 0.203 e. The van der Waals surface area contributed by atoms with Crippen LogP contribution in [0.25, 0.3) is 21.2 Å². The first-order valence-electron chi connectivity index (χ1n) is 20.3.